The van der Waals surface area contributed by atoms with E-state index in [2.05, 4.69) is 30.9 Å². The quantitative estimate of drug-likeness (QED) is 0.807. The summed E-state index contributed by atoms with van der Waals surface area (Å²) >= 11 is 0. The lowest BCUT2D eigenvalue weighted by Gasteiger charge is -2.28. The highest BCUT2D eigenvalue weighted by atomic mass is 16.5. The molecule has 0 spiro atoms. The maximum absolute atomic E-state index is 12.5. The number of carbonyl (C=O) groups excluding carboxylic acids is 1. The molecule has 0 unspecified atom stereocenters. The number of benzene rings is 1. The fourth-order valence-electron chi connectivity index (χ4n) is 2.56. The lowest BCUT2D eigenvalue weighted by atomic mass is 10.2. The van der Waals surface area contributed by atoms with Crippen LogP contribution >= 0.6 is 0 Å². The van der Waals surface area contributed by atoms with E-state index in [1.165, 1.54) is 5.56 Å². The zero-order valence-electron chi connectivity index (χ0n) is 13.2. The summed E-state index contributed by atoms with van der Waals surface area (Å²) in [6, 6.07) is 8.20. The van der Waals surface area contributed by atoms with Crippen LogP contribution in [0.5, 0.6) is 0 Å². The first-order chi connectivity index (χ1) is 10.2. The topological polar surface area (TPSA) is 32.8 Å². The van der Waals surface area contributed by atoms with Crippen molar-refractivity contribution in [2.24, 2.45) is 0 Å². The van der Waals surface area contributed by atoms with Crippen LogP contribution in [-0.4, -0.2) is 50.2 Å². The fraction of sp³-hybridized carbons (Fsp3) is 0.588. The molecular weight excluding hydrogens is 264 g/mol. The van der Waals surface area contributed by atoms with Crippen molar-refractivity contribution in [3.63, 3.8) is 0 Å². The van der Waals surface area contributed by atoms with Crippen LogP contribution < -0.4 is 4.90 Å². The lowest BCUT2D eigenvalue weighted by molar-refractivity contribution is -0.119. The predicted octanol–water partition coefficient (Wildman–Crippen LogP) is 2.46. The molecule has 0 saturated carbocycles. The second kappa shape index (κ2) is 8.15. The maximum atomic E-state index is 12.5. The summed E-state index contributed by atoms with van der Waals surface area (Å²) in [6.07, 6.45) is 1.55. The molecule has 1 aliphatic rings. The molecule has 0 aliphatic carbocycles. The number of morpholine rings is 1. The molecule has 2 rings (SSSR count). The van der Waals surface area contributed by atoms with Gasteiger partial charge in [0.2, 0.25) is 5.91 Å². The van der Waals surface area contributed by atoms with Gasteiger partial charge in [-0.05, 0) is 25.5 Å². The van der Waals surface area contributed by atoms with Crippen molar-refractivity contribution < 1.29 is 9.53 Å². The Labute approximate surface area is 127 Å². The van der Waals surface area contributed by atoms with Crippen LogP contribution in [0.1, 0.15) is 25.3 Å². The second-order valence-corrected chi connectivity index (χ2v) is 5.58. The van der Waals surface area contributed by atoms with Crippen molar-refractivity contribution in [1.82, 2.24) is 4.90 Å². The van der Waals surface area contributed by atoms with Gasteiger partial charge in [-0.25, -0.2) is 0 Å². The largest absolute Gasteiger partial charge is 0.379 e. The Bertz CT molecular complexity index is 439. The van der Waals surface area contributed by atoms with Crippen molar-refractivity contribution in [3.05, 3.63) is 29.8 Å². The Morgan fingerprint density at radius 3 is 2.52 bits per heavy atom. The average molecular weight is 290 g/mol. The van der Waals surface area contributed by atoms with Crippen molar-refractivity contribution in [2.45, 2.75) is 26.7 Å². The number of aryl methyl sites for hydroxylation is 1. The minimum absolute atomic E-state index is 0.215. The number of rotatable bonds is 6. The number of amides is 1. The van der Waals surface area contributed by atoms with E-state index >= 15 is 0 Å². The lowest BCUT2D eigenvalue weighted by Crippen LogP contribution is -2.40. The number of carbonyl (C=O) groups is 1. The highest BCUT2D eigenvalue weighted by Gasteiger charge is 2.17. The average Bonchev–Trinajstić information content (AvgIpc) is 2.52. The number of ether oxygens (including phenoxy) is 1. The van der Waals surface area contributed by atoms with E-state index < -0.39 is 0 Å². The molecule has 1 heterocycles. The molecule has 1 aromatic rings. The van der Waals surface area contributed by atoms with Gasteiger partial charge in [0.1, 0.15) is 0 Å². The summed E-state index contributed by atoms with van der Waals surface area (Å²) in [5.74, 6) is 0.215. The van der Waals surface area contributed by atoms with Crippen molar-refractivity contribution in [3.8, 4) is 0 Å². The molecule has 0 bridgehead atoms. The first kappa shape index (κ1) is 16.0. The fourth-order valence-corrected chi connectivity index (χ4v) is 2.56. The van der Waals surface area contributed by atoms with Gasteiger partial charge in [-0.1, -0.05) is 24.6 Å². The normalized spacial score (nSPS) is 15.9. The SMILES string of the molecule is CCCN(C(=O)CCN1CCOCC1)c1ccc(C)cc1. The van der Waals surface area contributed by atoms with E-state index in [9.17, 15) is 4.79 Å². The number of hydrogen-bond donors (Lipinski definition) is 0. The van der Waals surface area contributed by atoms with E-state index in [4.69, 9.17) is 4.74 Å². The molecule has 116 valence electrons. The second-order valence-electron chi connectivity index (χ2n) is 5.58. The maximum Gasteiger partial charge on any atom is 0.228 e. The van der Waals surface area contributed by atoms with Crippen LogP contribution in [0.3, 0.4) is 0 Å². The standard InChI is InChI=1S/C17H26N2O2/c1-3-9-19(16-6-4-15(2)5-7-16)17(20)8-10-18-11-13-21-14-12-18/h4-7H,3,8-14H2,1-2H3. The number of anilines is 1. The van der Waals surface area contributed by atoms with Crippen LogP contribution in [0.2, 0.25) is 0 Å². The van der Waals surface area contributed by atoms with Gasteiger partial charge >= 0.3 is 0 Å². The zero-order chi connectivity index (χ0) is 15.1. The number of nitrogens with zero attached hydrogens (tertiary/aromatic N) is 2. The summed E-state index contributed by atoms with van der Waals surface area (Å²) in [5.41, 5.74) is 2.23. The van der Waals surface area contributed by atoms with Crippen LogP contribution in [0.25, 0.3) is 0 Å². The van der Waals surface area contributed by atoms with Gasteiger partial charge in [0, 0.05) is 38.3 Å². The Balaban J connectivity index is 1.93. The van der Waals surface area contributed by atoms with E-state index in [1.54, 1.807) is 0 Å². The van der Waals surface area contributed by atoms with Gasteiger partial charge in [0.15, 0.2) is 0 Å². The first-order valence-electron chi connectivity index (χ1n) is 7.88. The molecule has 0 radical (unpaired) electrons. The predicted molar refractivity (Wildman–Crippen MR) is 85.7 cm³/mol. The third-order valence-corrected chi connectivity index (χ3v) is 3.84. The summed E-state index contributed by atoms with van der Waals surface area (Å²) in [5, 5.41) is 0. The van der Waals surface area contributed by atoms with Gasteiger partial charge in [-0.2, -0.15) is 0 Å². The molecule has 4 nitrogen and oxygen atoms in total. The molecule has 4 heteroatoms. The van der Waals surface area contributed by atoms with Gasteiger partial charge in [-0.15, -0.1) is 0 Å². The van der Waals surface area contributed by atoms with E-state index in [0.717, 1.165) is 51.5 Å². The number of hydrogen-bond acceptors (Lipinski definition) is 3. The highest BCUT2D eigenvalue weighted by molar-refractivity contribution is 5.93. The minimum Gasteiger partial charge on any atom is -0.379 e. The Kier molecular flexibility index (Phi) is 6.21. The molecule has 1 saturated heterocycles. The first-order valence-corrected chi connectivity index (χ1v) is 7.88. The highest BCUT2D eigenvalue weighted by Crippen LogP contribution is 2.17. The summed E-state index contributed by atoms with van der Waals surface area (Å²) in [7, 11) is 0. The molecule has 1 amide bonds. The molecule has 1 fully saturated rings. The van der Waals surface area contributed by atoms with Crippen LogP contribution in [0.4, 0.5) is 5.69 Å². The Morgan fingerprint density at radius 1 is 1.24 bits per heavy atom. The molecule has 0 aromatic heterocycles. The Hall–Kier alpha value is -1.39. The molecular formula is C17H26N2O2. The molecule has 1 aromatic carbocycles. The third-order valence-electron chi connectivity index (χ3n) is 3.84. The molecule has 0 atom stereocenters. The molecule has 0 N–H and O–H groups in total. The van der Waals surface area contributed by atoms with Crippen molar-refractivity contribution >= 4 is 11.6 Å². The molecule has 21 heavy (non-hydrogen) atoms. The van der Waals surface area contributed by atoms with Gasteiger partial charge in [-0.3, -0.25) is 9.69 Å². The van der Waals surface area contributed by atoms with E-state index in [0.29, 0.717) is 6.42 Å². The summed E-state index contributed by atoms with van der Waals surface area (Å²) < 4.78 is 5.34. The van der Waals surface area contributed by atoms with Crippen molar-refractivity contribution in [1.29, 1.82) is 0 Å². The van der Waals surface area contributed by atoms with Gasteiger partial charge in [0.25, 0.3) is 0 Å². The summed E-state index contributed by atoms with van der Waals surface area (Å²) in [6.45, 7) is 9.22. The van der Waals surface area contributed by atoms with E-state index in [1.807, 2.05) is 17.0 Å². The summed E-state index contributed by atoms with van der Waals surface area (Å²) in [4.78, 5) is 16.8. The minimum atomic E-state index is 0.215. The van der Waals surface area contributed by atoms with Gasteiger partial charge < -0.3 is 9.64 Å². The third kappa shape index (κ3) is 4.83. The zero-order valence-corrected chi connectivity index (χ0v) is 13.2. The van der Waals surface area contributed by atoms with Crippen LogP contribution in [0, 0.1) is 6.92 Å². The van der Waals surface area contributed by atoms with E-state index in [-0.39, 0.29) is 5.91 Å². The van der Waals surface area contributed by atoms with Crippen molar-refractivity contribution in [2.75, 3.05) is 44.3 Å². The van der Waals surface area contributed by atoms with Gasteiger partial charge in [0.05, 0.1) is 13.2 Å². The molecule has 1 aliphatic heterocycles. The smallest absolute Gasteiger partial charge is 0.228 e. The Morgan fingerprint density at radius 2 is 1.90 bits per heavy atom. The van der Waals surface area contributed by atoms with Crippen LogP contribution in [0.15, 0.2) is 24.3 Å². The van der Waals surface area contributed by atoms with Crippen LogP contribution in [-0.2, 0) is 9.53 Å². The monoisotopic (exact) mass is 290 g/mol.